The second-order valence-electron chi connectivity index (χ2n) is 8.44. The van der Waals surface area contributed by atoms with Gasteiger partial charge in [0.05, 0.1) is 17.8 Å². The number of benzene rings is 1. The number of carbonyl (C=O) groups is 1. The van der Waals surface area contributed by atoms with Crippen LogP contribution < -0.4 is 5.32 Å². The lowest BCUT2D eigenvalue weighted by Crippen LogP contribution is -2.17. The Hall–Kier alpha value is -2.12. The third kappa shape index (κ3) is 8.79. The van der Waals surface area contributed by atoms with Gasteiger partial charge in [-0.25, -0.2) is 0 Å². The molecule has 4 nitrogen and oxygen atoms in total. The van der Waals surface area contributed by atoms with E-state index in [0.717, 1.165) is 37.8 Å². The van der Waals surface area contributed by atoms with E-state index in [1.807, 2.05) is 6.08 Å². The summed E-state index contributed by atoms with van der Waals surface area (Å²) in [6.45, 7) is 0. The Morgan fingerprint density at radius 3 is 2.78 bits per heavy atom. The zero-order valence-corrected chi connectivity index (χ0v) is 18.5. The van der Waals surface area contributed by atoms with Crippen LogP contribution >= 0.6 is 0 Å². The number of alkyl halides is 3. The van der Waals surface area contributed by atoms with E-state index in [1.165, 1.54) is 6.07 Å². The molecule has 1 saturated carbocycles. The monoisotopic (exact) mass is 453 g/mol. The van der Waals surface area contributed by atoms with Crippen molar-refractivity contribution in [1.82, 2.24) is 5.32 Å². The molecular formula is C25H34F3NO3. The standard InChI is InChI=1S/C25H34F3NO3/c1-29-24(32)10-5-3-2-4-8-19-12-16-23(31)22(19)15-14-21(30)13-11-18-7-6-9-20(17-18)25(26,27)28/h2,4,6-7,9,14-15,17,19,21-23,30-31H,3,5,8,10-13,16H2,1H3,(H,29,32)/b4-2+,15-14+/t19-,21-,22+,23+/m0/s1. The predicted octanol–water partition coefficient (Wildman–Crippen LogP) is 4.80. The number of aliphatic hydroxyl groups is 2. The number of aryl methyl sites for hydroxylation is 1. The van der Waals surface area contributed by atoms with Gasteiger partial charge in [-0.05, 0) is 62.5 Å². The predicted molar refractivity (Wildman–Crippen MR) is 119 cm³/mol. The summed E-state index contributed by atoms with van der Waals surface area (Å²) in [5, 5.41) is 23.2. The third-order valence-electron chi connectivity index (χ3n) is 6.02. The SMILES string of the molecule is CNC(=O)CCC/C=C/C[C@H]1CC[C@@H](O)[C@@H]1/C=C/[C@@H](O)CCc1cccc(C(F)(F)F)c1. The fourth-order valence-electron chi connectivity index (χ4n) is 4.11. The van der Waals surface area contributed by atoms with Gasteiger partial charge in [-0.1, -0.05) is 42.5 Å². The first-order valence-electron chi connectivity index (χ1n) is 11.3. The molecule has 1 aliphatic rings. The van der Waals surface area contributed by atoms with Crippen molar-refractivity contribution in [2.75, 3.05) is 7.05 Å². The molecule has 0 aliphatic heterocycles. The van der Waals surface area contributed by atoms with Crippen LogP contribution in [0.3, 0.4) is 0 Å². The molecular weight excluding hydrogens is 419 g/mol. The Kier molecular flexibility index (Phi) is 10.5. The van der Waals surface area contributed by atoms with Crippen molar-refractivity contribution in [1.29, 1.82) is 0 Å². The molecule has 178 valence electrons. The number of rotatable bonds is 11. The van der Waals surface area contributed by atoms with Gasteiger partial charge >= 0.3 is 6.18 Å². The summed E-state index contributed by atoms with van der Waals surface area (Å²) in [5.41, 5.74) is -0.147. The van der Waals surface area contributed by atoms with Gasteiger partial charge in [-0.2, -0.15) is 13.2 Å². The summed E-state index contributed by atoms with van der Waals surface area (Å²) in [6, 6.07) is 5.17. The van der Waals surface area contributed by atoms with Crippen LogP contribution in [0.5, 0.6) is 0 Å². The Morgan fingerprint density at radius 1 is 1.28 bits per heavy atom. The highest BCUT2D eigenvalue weighted by Gasteiger charge is 2.32. The van der Waals surface area contributed by atoms with E-state index >= 15 is 0 Å². The molecule has 4 atom stereocenters. The van der Waals surface area contributed by atoms with Gasteiger partial charge in [0.1, 0.15) is 0 Å². The molecule has 0 radical (unpaired) electrons. The van der Waals surface area contributed by atoms with Crippen molar-refractivity contribution in [3.05, 3.63) is 59.7 Å². The van der Waals surface area contributed by atoms with Crippen LogP contribution in [-0.4, -0.2) is 35.4 Å². The smallest absolute Gasteiger partial charge is 0.393 e. The lowest BCUT2D eigenvalue weighted by molar-refractivity contribution is -0.137. The maximum Gasteiger partial charge on any atom is 0.416 e. The van der Waals surface area contributed by atoms with Crippen LogP contribution in [0.15, 0.2) is 48.6 Å². The fraction of sp³-hybridized carbons (Fsp3) is 0.560. The van der Waals surface area contributed by atoms with E-state index in [2.05, 4.69) is 17.5 Å². The molecule has 1 aromatic rings. The number of hydrogen-bond donors (Lipinski definition) is 3. The molecule has 32 heavy (non-hydrogen) atoms. The quantitative estimate of drug-likeness (QED) is 0.333. The number of amides is 1. The number of carbonyl (C=O) groups excluding carboxylic acids is 1. The topological polar surface area (TPSA) is 69.6 Å². The molecule has 0 bridgehead atoms. The molecule has 0 saturated heterocycles. The van der Waals surface area contributed by atoms with Gasteiger partial charge in [-0.3, -0.25) is 4.79 Å². The Morgan fingerprint density at radius 2 is 2.06 bits per heavy atom. The normalized spacial score (nSPS) is 22.6. The Labute approximate surface area is 188 Å². The van der Waals surface area contributed by atoms with E-state index in [9.17, 15) is 28.2 Å². The molecule has 1 aliphatic carbocycles. The largest absolute Gasteiger partial charge is 0.416 e. The molecule has 3 N–H and O–H groups in total. The summed E-state index contributed by atoms with van der Waals surface area (Å²) >= 11 is 0. The van der Waals surface area contributed by atoms with Gasteiger partial charge in [0.15, 0.2) is 0 Å². The molecule has 0 heterocycles. The van der Waals surface area contributed by atoms with Crippen molar-refractivity contribution >= 4 is 5.91 Å². The summed E-state index contributed by atoms with van der Waals surface area (Å²) in [7, 11) is 1.62. The van der Waals surface area contributed by atoms with Crippen LogP contribution in [0, 0.1) is 11.8 Å². The number of allylic oxidation sites excluding steroid dienone is 2. The summed E-state index contributed by atoms with van der Waals surface area (Å²) in [4.78, 5) is 11.2. The Bertz CT molecular complexity index is 776. The number of hydrogen-bond acceptors (Lipinski definition) is 3. The van der Waals surface area contributed by atoms with Crippen molar-refractivity contribution in [2.24, 2.45) is 11.8 Å². The summed E-state index contributed by atoms with van der Waals surface area (Å²) < 4.78 is 38.5. The van der Waals surface area contributed by atoms with Crippen molar-refractivity contribution in [3.8, 4) is 0 Å². The molecule has 1 fully saturated rings. The van der Waals surface area contributed by atoms with E-state index in [1.54, 1.807) is 19.2 Å². The zero-order chi connectivity index (χ0) is 23.6. The number of aliphatic hydroxyl groups excluding tert-OH is 2. The maximum absolute atomic E-state index is 12.8. The summed E-state index contributed by atoms with van der Waals surface area (Å²) in [5.74, 6) is 0.273. The molecule has 1 amide bonds. The highest BCUT2D eigenvalue weighted by molar-refractivity contribution is 5.75. The molecule has 2 rings (SSSR count). The first-order valence-corrected chi connectivity index (χ1v) is 11.3. The lowest BCUT2D eigenvalue weighted by atomic mass is 9.90. The lowest BCUT2D eigenvalue weighted by Gasteiger charge is -2.18. The maximum atomic E-state index is 12.8. The highest BCUT2D eigenvalue weighted by Crippen LogP contribution is 2.36. The molecule has 0 aromatic heterocycles. The average molecular weight is 454 g/mol. The molecule has 0 spiro atoms. The van der Waals surface area contributed by atoms with Gasteiger partial charge in [0.25, 0.3) is 0 Å². The minimum absolute atomic E-state index is 0.0362. The summed E-state index contributed by atoms with van der Waals surface area (Å²) in [6.07, 6.45) is 7.31. The van der Waals surface area contributed by atoms with Gasteiger partial charge in [0, 0.05) is 19.4 Å². The fourth-order valence-corrected chi connectivity index (χ4v) is 4.11. The first kappa shape index (κ1) is 26.1. The van der Waals surface area contributed by atoms with Crippen LogP contribution in [0.1, 0.15) is 56.1 Å². The van der Waals surface area contributed by atoms with Crippen LogP contribution in [-0.2, 0) is 17.4 Å². The van der Waals surface area contributed by atoms with Gasteiger partial charge in [0.2, 0.25) is 5.91 Å². The minimum atomic E-state index is -4.37. The second kappa shape index (κ2) is 12.8. The Balaban J connectivity index is 1.80. The van der Waals surface area contributed by atoms with E-state index in [0.29, 0.717) is 31.2 Å². The third-order valence-corrected chi connectivity index (χ3v) is 6.02. The van der Waals surface area contributed by atoms with Gasteiger partial charge in [-0.15, -0.1) is 0 Å². The number of nitrogens with one attached hydrogen (secondary N) is 1. The van der Waals surface area contributed by atoms with Gasteiger partial charge < -0.3 is 15.5 Å². The molecule has 7 heteroatoms. The van der Waals surface area contributed by atoms with Crippen molar-refractivity contribution in [2.45, 2.75) is 69.8 Å². The average Bonchev–Trinajstić information content (AvgIpc) is 3.11. The minimum Gasteiger partial charge on any atom is -0.393 e. The van der Waals surface area contributed by atoms with E-state index < -0.39 is 23.9 Å². The highest BCUT2D eigenvalue weighted by atomic mass is 19.4. The number of unbranched alkanes of at least 4 members (excludes halogenated alkanes) is 1. The van der Waals surface area contributed by atoms with Crippen LogP contribution in [0.4, 0.5) is 13.2 Å². The van der Waals surface area contributed by atoms with Crippen LogP contribution in [0.25, 0.3) is 0 Å². The second-order valence-corrected chi connectivity index (χ2v) is 8.44. The van der Waals surface area contributed by atoms with E-state index in [4.69, 9.17) is 0 Å². The van der Waals surface area contributed by atoms with Crippen molar-refractivity contribution < 1.29 is 28.2 Å². The molecule has 0 unspecified atom stereocenters. The van der Waals surface area contributed by atoms with E-state index in [-0.39, 0.29) is 17.7 Å². The number of halogens is 3. The van der Waals surface area contributed by atoms with Crippen molar-refractivity contribution in [3.63, 3.8) is 0 Å². The van der Waals surface area contributed by atoms with Crippen LogP contribution in [0.2, 0.25) is 0 Å². The zero-order valence-electron chi connectivity index (χ0n) is 18.5. The first-order chi connectivity index (χ1) is 15.2. The molecule has 1 aromatic carbocycles.